The molecule has 1 aliphatic heterocycles. The van der Waals surface area contributed by atoms with Gasteiger partial charge in [-0.3, -0.25) is 4.79 Å². The van der Waals surface area contributed by atoms with Crippen LogP contribution in [0.15, 0.2) is 48.5 Å². The minimum atomic E-state index is -0.105. The fraction of sp³-hybridized carbons (Fsp3) is 0.409. The van der Waals surface area contributed by atoms with Gasteiger partial charge in [-0.25, -0.2) is 0 Å². The molecule has 4 nitrogen and oxygen atoms in total. The van der Waals surface area contributed by atoms with Crippen molar-refractivity contribution in [2.75, 3.05) is 26.0 Å². The summed E-state index contributed by atoms with van der Waals surface area (Å²) in [6.45, 7) is 1.19. The SMILES string of the molecule is COc1cccc(C(=O)Nc2ccccc2CCC2CCCCN2C)c1. The Balaban J connectivity index is 1.67. The Morgan fingerprint density at radius 1 is 1.19 bits per heavy atom. The van der Waals surface area contributed by atoms with E-state index in [0.29, 0.717) is 17.4 Å². The number of methoxy groups -OCH3 is 1. The van der Waals surface area contributed by atoms with Gasteiger partial charge in [-0.15, -0.1) is 0 Å². The van der Waals surface area contributed by atoms with Gasteiger partial charge in [-0.2, -0.15) is 0 Å². The standard InChI is InChI=1S/C22H28N2O2/c1-24-15-6-5-10-19(24)14-13-17-8-3-4-12-21(17)23-22(25)18-9-7-11-20(16-18)26-2/h3-4,7-9,11-12,16,19H,5-6,10,13-15H2,1-2H3,(H,23,25). The van der Waals surface area contributed by atoms with Crippen LogP contribution in [-0.4, -0.2) is 37.6 Å². The molecule has 4 heteroatoms. The highest BCUT2D eigenvalue weighted by molar-refractivity contribution is 6.04. The molecule has 0 saturated carbocycles. The van der Waals surface area contributed by atoms with Crippen LogP contribution in [0.4, 0.5) is 5.69 Å². The van der Waals surface area contributed by atoms with E-state index in [2.05, 4.69) is 23.3 Å². The van der Waals surface area contributed by atoms with Crippen molar-refractivity contribution >= 4 is 11.6 Å². The maximum Gasteiger partial charge on any atom is 0.255 e. The Bertz CT molecular complexity index is 744. The largest absolute Gasteiger partial charge is 0.497 e. The summed E-state index contributed by atoms with van der Waals surface area (Å²) in [5.41, 5.74) is 2.70. The monoisotopic (exact) mass is 352 g/mol. The van der Waals surface area contributed by atoms with E-state index in [0.717, 1.165) is 18.5 Å². The lowest BCUT2D eigenvalue weighted by Gasteiger charge is -2.32. The summed E-state index contributed by atoms with van der Waals surface area (Å²) in [4.78, 5) is 15.1. The van der Waals surface area contributed by atoms with Crippen molar-refractivity contribution in [3.8, 4) is 5.75 Å². The Hall–Kier alpha value is -2.33. The number of para-hydroxylation sites is 1. The van der Waals surface area contributed by atoms with E-state index in [1.807, 2.05) is 30.3 Å². The number of nitrogens with one attached hydrogen (secondary N) is 1. The van der Waals surface area contributed by atoms with Crippen molar-refractivity contribution in [2.45, 2.75) is 38.1 Å². The van der Waals surface area contributed by atoms with Gasteiger partial charge in [0.15, 0.2) is 0 Å². The van der Waals surface area contributed by atoms with E-state index in [-0.39, 0.29) is 5.91 Å². The quantitative estimate of drug-likeness (QED) is 0.840. The molecule has 0 spiro atoms. The topological polar surface area (TPSA) is 41.6 Å². The third-order valence-corrected chi connectivity index (χ3v) is 5.27. The van der Waals surface area contributed by atoms with E-state index >= 15 is 0 Å². The summed E-state index contributed by atoms with van der Waals surface area (Å²) in [6, 6.07) is 16.0. The third-order valence-electron chi connectivity index (χ3n) is 5.27. The second-order valence-corrected chi connectivity index (χ2v) is 7.01. The molecule has 138 valence electrons. The molecule has 1 amide bonds. The van der Waals surface area contributed by atoms with E-state index in [1.165, 1.54) is 31.4 Å². The summed E-state index contributed by atoms with van der Waals surface area (Å²) in [5.74, 6) is 0.581. The van der Waals surface area contributed by atoms with Crippen LogP contribution in [0, 0.1) is 0 Å². The zero-order valence-corrected chi connectivity index (χ0v) is 15.7. The fourth-order valence-electron chi connectivity index (χ4n) is 3.65. The molecular weight excluding hydrogens is 324 g/mol. The molecule has 1 atom stereocenters. The number of likely N-dealkylation sites (tertiary alicyclic amines) is 1. The lowest BCUT2D eigenvalue weighted by Crippen LogP contribution is -2.36. The number of benzene rings is 2. The molecule has 0 radical (unpaired) electrons. The van der Waals surface area contributed by atoms with Crippen LogP contribution in [0.1, 0.15) is 41.6 Å². The molecule has 2 aromatic rings. The first-order valence-corrected chi connectivity index (χ1v) is 9.41. The number of ether oxygens (including phenoxy) is 1. The molecule has 0 aliphatic carbocycles. The number of carbonyl (C=O) groups is 1. The molecule has 1 N–H and O–H groups in total. The van der Waals surface area contributed by atoms with Crippen molar-refractivity contribution in [2.24, 2.45) is 0 Å². The van der Waals surface area contributed by atoms with Crippen LogP contribution >= 0.6 is 0 Å². The normalized spacial score (nSPS) is 17.7. The Morgan fingerprint density at radius 2 is 2.04 bits per heavy atom. The number of nitrogens with zero attached hydrogens (tertiary/aromatic N) is 1. The van der Waals surface area contributed by atoms with Crippen molar-refractivity contribution in [1.82, 2.24) is 4.90 Å². The summed E-state index contributed by atoms with van der Waals surface area (Å²) in [7, 11) is 3.83. The van der Waals surface area contributed by atoms with Gasteiger partial charge >= 0.3 is 0 Å². The zero-order valence-electron chi connectivity index (χ0n) is 15.7. The smallest absolute Gasteiger partial charge is 0.255 e. The first kappa shape index (κ1) is 18.5. The predicted octanol–water partition coefficient (Wildman–Crippen LogP) is 4.36. The number of aryl methyl sites for hydroxylation is 1. The van der Waals surface area contributed by atoms with E-state index in [9.17, 15) is 4.79 Å². The molecule has 0 aromatic heterocycles. The van der Waals surface area contributed by atoms with Crippen LogP contribution in [0.5, 0.6) is 5.75 Å². The first-order valence-electron chi connectivity index (χ1n) is 9.41. The van der Waals surface area contributed by atoms with Crippen molar-refractivity contribution < 1.29 is 9.53 Å². The number of piperidine rings is 1. The molecule has 26 heavy (non-hydrogen) atoms. The summed E-state index contributed by atoms with van der Waals surface area (Å²) in [5, 5.41) is 3.07. The molecule has 1 aliphatic rings. The number of rotatable bonds is 6. The van der Waals surface area contributed by atoms with Gasteiger partial charge in [0, 0.05) is 17.3 Å². The molecule has 0 bridgehead atoms. The third kappa shape index (κ3) is 4.64. The Morgan fingerprint density at radius 3 is 2.85 bits per heavy atom. The molecule has 1 unspecified atom stereocenters. The van der Waals surface area contributed by atoms with Crippen molar-refractivity contribution in [3.63, 3.8) is 0 Å². The molecule has 2 aromatic carbocycles. The van der Waals surface area contributed by atoms with Crippen LogP contribution < -0.4 is 10.1 Å². The average molecular weight is 352 g/mol. The van der Waals surface area contributed by atoms with Crippen molar-refractivity contribution in [1.29, 1.82) is 0 Å². The van der Waals surface area contributed by atoms with Crippen LogP contribution in [-0.2, 0) is 6.42 Å². The van der Waals surface area contributed by atoms with E-state index < -0.39 is 0 Å². The maximum absolute atomic E-state index is 12.6. The Kier molecular flexibility index (Phi) is 6.29. The predicted molar refractivity (Wildman–Crippen MR) is 106 cm³/mol. The van der Waals surface area contributed by atoms with Gasteiger partial charge in [0.05, 0.1) is 7.11 Å². The van der Waals surface area contributed by atoms with Gasteiger partial charge in [-0.1, -0.05) is 30.7 Å². The molecule has 1 heterocycles. The van der Waals surface area contributed by atoms with Gasteiger partial charge in [0.1, 0.15) is 5.75 Å². The lowest BCUT2D eigenvalue weighted by molar-refractivity contribution is 0.102. The van der Waals surface area contributed by atoms with Crippen molar-refractivity contribution in [3.05, 3.63) is 59.7 Å². The van der Waals surface area contributed by atoms with Crippen LogP contribution in [0.3, 0.4) is 0 Å². The Labute approximate surface area is 156 Å². The number of carbonyl (C=O) groups excluding carboxylic acids is 1. The van der Waals surface area contributed by atoms with Gasteiger partial charge < -0.3 is 15.0 Å². The molecule has 1 fully saturated rings. The number of hydrogen-bond acceptors (Lipinski definition) is 3. The highest BCUT2D eigenvalue weighted by atomic mass is 16.5. The maximum atomic E-state index is 12.6. The van der Waals surface area contributed by atoms with Crippen LogP contribution in [0.25, 0.3) is 0 Å². The second-order valence-electron chi connectivity index (χ2n) is 7.01. The summed E-state index contributed by atoms with van der Waals surface area (Å²) >= 11 is 0. The highest BCUT2D eigenvalue weighted by Gasteiger charge is 2.19. The zero-order chi connectivity index (χ0) is 18.4. The van der Waals surface area contributed by atoms with Gasteiger partial charge in [-0.05, 0) is 69.1 Å². The minimum Gasteiger partial charge on any atom is -0.497 e. The summed E-state index contributed by atoms with van der Waals surface area (Å²) < 4.78 is 5.21. The summed E-state index contributed by atoms with van der Waals surface area (Å²) in [6.07, 6.45) is 6.00. The fourth-order valence-corrected chi connectivity index (χ4v) is 3.65. The first-order chi connectivity index (χ1) is 12.7. The van der Waals surface area contributed by atoms with Gasteiger partial charge in [0.25, 0.3) is 5.91 Å². The number of hydrogen-bond donors (Lipinski definition) is 1. The van der Waals surface area contributed by atoms with E-state index in [1.54, 1.807) is 19.2 Å². The lowest BCUT2D eigenvalue weighted by atomic mass is 9.96. The van der Waals surface area contributed by atoms with Gasteiger partial charge in [0.2, 0.25) is 0 Å². The number of amides is 1. The second kappa shape index (κ2) is 8.86. The molecule has 1 saturated heterocycles. The van der Waals surface area contributed by atoms with Crippen LogP contribution in [0.2, 0.25) is 0 Å². The number of anilines is 1. The molecule has 3 rings (SSSR count). The minimum absolute atomic E-state index is 0.105. The van der Waals surface area contributed by atoms with E-state index in [4.69, 9.17) is 4.74 Å². The average Bonchev–Trinajstić information content (AvgIpc) is 2.68. The highest BCUT2D eigenvalue weighted by Crippen LogP contribution is 2.23. The molecular formula is C22H28N2O2.